The first kappa shape index (κ1) is 21.7. The number of nitrogens with one attached hydrogen (secondary N) is 1. The predicted molar refractivity (Wildman–Crippen MR) is 128 cm³/mol. The number of anilines is 1. The minimum Gasteiger partial charge on any atom is -0.489 e. The molecule has 0 atom stereocenters. The molecule has 1 amide bonds. The van der Waals surface area contributed by atoms with E-state index < -0.39 is 0 Å². The molecule has 170 valence electrons. The number of carbonyl (C=O) groups is 1. The third kappa shape index (κ3) is 4.49. The van der Waals surface area contributed by atoms with Crippen LogP contribution in [0.25, 0.3) is 33.6 Å². The van der Waals surface area contributed by atoms with Gasteiger partial charge in [-0.2, -0.15) is 5.26 Å². The molecule has 1 fully saturated rings. The molecular weight excluding hydrogens is 430 g/mol. The fraction of sp³-hybridized carbons (Fsp3) is 0.222. The van der Waals surface area contributed by atoms with Gasteiger partial charge in [0, 0.05) is 48.8 Å². The number of pyridine rings is 1. The summed E-state index contributed by atoms with van der Waals surface area (Å²) >= 11 is 0. The van der Waals surface area contributed by atoms with E-state index in [0.29, 0.717) is 35.9 Å². The number of rotatable bonds is 5. The van der Waals surface area contributed by atoms with Crippen molar-refractivity contribution in [2.75, 3.05) is 18.5 Å². The lowest BCUT2D eigenvalue weighted by molar-refractivity contribution is -0.114. The van der Waals surface area contributed by atoms with Crippen molar-refractivity contribution in [3.05, 3.63) is 66.4 Å². The fourth-order valence-electron chi connectivity index (χ4n) is 4.09. The molecule has 0 saturated carbocycles. The largest absolute Gasteiger partial charge is 0.489 e. The maximum atomic E-state index is 11.3. The molecule has 2 aromatic carbocycles. The zero-order valence-electron chi connectivity index (χ0n) is 18.7. The highest BCUT2D eigenvalue weighted by Gasteiger charge is 2.18. The Balaban J connectivity index is 1.46. The number of amides is 1. The van der Waals surface area contributed by atoms with Gasteiger partial charge in [-0.05, 0) is 48.0 Å². The van der Waals surface area contributed by atoms with E-state index in [-0.39, 0.29) is 12.0 Å². The van der Waals surface area contributed by atoms with Gasteiger partial charge in [0.1, 0.15) is 29.2 Å². The Morgan fingerprint density at radius 3 is 2.59 bits per heavy atom. The third-order valence-electron chi connectivity index (χ3n) is 5.77. The Morgan fingerprint density at radius 1 is 1.09 bits per heavy atom. The van der Waals surface area contributed by atoms with Crippen LogP contribution in [0.15, 0.2) is 65.2 Å². The number of fused-ring (bicyclic) bond motifs is 1. The van der Waals surface area contributed by atoms with E-state index in [1.165, 1.54) is 6.92 Å². The van der Waals surface area contributed by atoms with Gasteiger partial charge in [-0.3, -0.25) is 9.78 Å². The molecule has 1 N–H and O–H groups in total. The lowest BCUT2D eigenvalue weighted by Crippen LogP contribution is -2.26. The van der Waals surface area contributed by atoms with Crippen molar-refractivity contribution in [2.24, 2.45) is 0 Å². The summed E-state index contributed by atoms with van der Waals surface area (Å²) in [5, 5.41) is 12.5. The number of benzene rings is 2. The molecule has 3 heterocycles. The van der Waals surface area contributed by atoms with Gasteiger partial charge in [0.05, 0.1) is 18.8 Å². The van der Waals surface area contributed by atoms with E-state index in [2.05, 4.69) is 16.4 Å². The lowest BCUT2D eigenvalue weighted by atomic mass is 10.0. The third-order valence-corrected chi connectivity index (χ3v) is 5.77. The van der Waals surface area contributed by atoms with E-state index in [1.54, 1.807) is 6.20 Å². The first-order valence-corrected chi connectivity index (χ1v) is 11.2. The molecule has 1 aliphatic heterocycles. The number of hydrogen-bond acceptors (Lipinski definition) is 6. The second-order valence-corrected chi connectivity index (χ2v) is 8.19. The summed E-state index contributed by atoms with van der Waals surface area (Å²) < 4.78 is 17.7. The van der Waals surface area contributed by atoms with Gasteiger partial charge in [0.2, 0.25) is 5.91 Å². The average molecular weight is 453 g/mol. The van der Waals surface area contributed by atoms with Crippen LogP contribution in [0.5, 0.6) is 5.75 Å². The minimum absolute atomic E-state index is 0.0593. The number of carbonyl (C=O) groups excluding carboxylic acids is 1. The second kappa shape index (κ2) is 9.38. The molecule has 1 saturated heterocycles. The van der Waals surface area contributed by atoms with Crippen molar-refractivity contribution < 1.29 is 18.7 Å². The first-order chi connectivity index (χ1) is 16.6. The number of aromatic nitrogens is 1. The Kier molecular flexibility index (Phi) is 5.98. The van der Waals surface area contributed by atoms with Crippen LogP contribution in [0, 0.1) is 11.3 Å². The van der Waals surface area contributed by atoms with Crippen molar-refractivity contribution in [1.29, 1.82) is 5.26 Å². The van der Waals surface area contributed by atoms with Crippen LogP contribution in [0.1, 0.15) is 25.3 Å². The second-order valence-electron chi connectivity index (χ2n) is 8.19. The SMILES string of the molecule is CC(=O)Nc1ccc(-c2cc3nccc(-c4ccc(OC5CCOCC5)c(C#N)c4)c3o2)cc1. The maximum Gasteiger partial charge on any atom is 0.221 e. The van der Waals surface area contributed by atoms with Gasteiger partial charge in [-0.15, -0.1) is 0 Å². The van der Waals surface area contributed by atoms with E-state index in [4.69, 9.17) is 13.9 Å². The Bertz CT molecular complexity index is 1380. The van der Waals surface area contributed by atoms with Crippen LogP contribution >= 0.6 is 0 Å². The topological polar surface area (TPSA) is 97.4 Å². The molecule has 0 unspecified atom stereocenters. The van der Waals surface area contributed by atoms with Crippen molar-refractivity contribution in [3.63, 3.8) is 0 Å². The van der Waals surface area contributed by atoms with E-state index in [0.717, 1.165) is 40.7 Å². The van der Waals surface area contributed by atoms with Crippen LogP contribution in [-0.2, 0) is 9.53 Å². The molecule has 0 spiro atoms. The van der Waals surface area contributed by atoms with Crippen molar-refractivity contribution in [2.45, 2.75) is 25.9 Å². The Labute approximate surface area is 196 Å². The summed E-state index contributed by atoms with van der Waals surface area (Å²) in [7, 11) is 0. The number of ether oxygens (including phenoxy) is 2. The smallest absolute Gasteiger partial charge is 0.221 e. The fourth-order valence-corrected chi connectivity index (χ4v) is 4.09. The highest BCUT2D eigenvalue weighted by atomic mass is 16.5. The molecule has 5 rings (SSSR count). The number of hydrogen-bond donors (Lipinski definition) is 1. The Hall–Kier alpha value is -4.15. The van der Waals surface area contributed by atoms with Crippen molar-refractivity contribution in [1.82, 2.24) is 4.98 Å². The van der Waals surface area contributed by atoms with Gasteiger partial charge < -0.3 is 19.2 Å². The molecule has 0 radical (unpaired) electrons. The van der Waals surface area contributed by atoms with Crippen LogP contribution in [0.2, 0.25) is 0 Å². The van der Waals surface area contributed by atoms with E-state index >= 15 is 0 Å². The first-order valence-electron chi connectivity index (χ1n) is 11.2. The lowest BCUT2D eigenvalue weighted by Gasteiger charge is -2.23. The zero-order chi connectivity index (χ0) is 23.5. The van der Waals surface area contributed by atoms with Gasteiger partial charge >= 0.3 is 0 Å². The molecule has 4 aromatic rings. The van der Waals surface area contributed by atoms with Gasteiger partial charge in [-0.1, -0.05) is 6.07 Å². The molecule has 7 nitrogen and oxygen atoms in total. The van der Waals surface area contributed by atoms with Crippen LogP contribution in [-0.4, -0.2) is 30.2 Å². The van der Waals surface area contributed by atoms with Crippen molar-refractivity contribution >= 4 is 22.7 Å². The molecule has 0 bridgehead atoms. The summed E-state index contributed by atoms with van der Waals surface area (Å²) in [5.74, 6) is 1.14. The van der Waals surface area contributed by atoms with Crippen LogP contribution in [0.4, 0.5) is 5.69 Å². The highest BCUT2D eigenvalue weighted by molar-refractivity contribution is 5.93. The van der Waals surface area contributed by atoms with Gasteiger partial charge in [-0.25, -0.2) is 0 Å². The molecule has 2 aromatic heterocycles. The standard InChI is InChI=1S/C27H23N3O4/c1-17(31)30-21-5-2-18(3-6-21)26-15-24-27(34-26)23(8-11-29-24)19-4-7-25(20(14-19)16-28)33-22-9-12-32-13-10-22/h2-8,11,14-15,22H,9-10,12-13H2,1H3,(H,30,31). The summed E-state index contributed by atoms with van der Waals surface area (Å²) in [6.07, 6.45) is 3.43. The summed E-state index contributed by atoms with van der Waals surface area (Å²) in [5.41, 5.74) is 5.14. The van der Waals surface area contributed by atoms with Gasteiger partial charge in [0.15, 0.2) is 5.58 Å². The van der Waals surface area contributed by atoms with Crippen molar-refractivity contribution in [3.8, 4) is 34.3 Å². The average Bonchev–Trinajstić information content (AvgIpc) is 3.30. The molecule has 7 heteroatoms. The van der Waals surface area contributed by atoms with Gasteiger partial charge in [0.25, 0.3) is 0 Å². The highest BCUT2D eigenvalue weighted by Crippen LogP contribution is 2.35. The zero-order valence-corrected chi connectivity index (χ0v) is 18.7. The summed E-state index contributed by atoms with van der Waals surface area (Å²) in [6.45, 7) is 2.83. The maximum absolute atomic E-state index is 11.3. The quantitative estimate of drug-likeness (QED) is 0.425. The molecule has 34 heavy (non-hydrogen) atoms. The predicted octanol–water partition coefficient (Wildman–Crippen LogP) is 5.55. The molecular formula is C27H23N3O4. The normalized spacial score (nSPS) is 14.0. The molecule has 0 aliphatic carbocycles. The summed E-state index contributed by atoms with van der Waals surface area (Å²) in [4.78, 5) is 15.7. The summed E-state index contributed by atoms with van der Waals surface area (Å²) in [6, 6.07) is 19.1. The number of nitrogens with zero attached hydrogens (tertiary/aromatic N) is 2. The number of nitriles is 1. The number of furan rings is 1. The molecule has 1 aliphatic rings. The van der Waals surface area contributed by atoms with Crippen LogP contribution < -0.4 is 10.1 Å². The van der Waals surface area contributed by atoms with E-state index in [9.17, 15) is 10.1 Å². The van der Waals surface area contributed by atoms with Crippen LogP contribution in [0.3, 0.4) is 0 Å². The van der Waals surface area contributed by atoms with E-state index in [1.807, 2.05) is 54.6 Å². The monoisotopic (exact) mass is 453 g/mol. The minimum atomic E-state index is -0.119. The Morgan fingerprint density at radius 2 is 1.85 bits per heavy atom.